The van der Waals surface area contributed by atoms with Crippen molar-refractivity contribution in [2.45, 2.75) is 18.7 Å². The molecule has 6 nitrogen and oxygen atoms in total. The summed E-state index contributed by atoms with van der Waals surface area (Å²) in [6.07, 6.45) is 0. The number of aromatic nitrogens is 2. The van der Waals surface area contributed by atoms with E-state index in [4.69, 9.17) is 16.7 Å². The maximum atomic E-state index is 11.5. The van der Waals surface area contributed by atoms with E-state index < -0.39 is 10.0 Å². The second-order valence-corrected chi connectivity index (χ2v) is 7.26. The molecular formula is C15H15ClN4O2S. The minimum Gasteiger partial charge on any atom is -0.325 e. The molecule has 0 aliphatic rings. The zero-order valence-corrected chi connectivity index (χ0v) is 14.1. The number of benzene rings is 2. The number of aromatic amines is 1. The van der Waals surface area contributed by atoms with Crippen molar-refractivity contribution in [1.29, 1.82) is 0 Å². The van der Waals surface area contributed by atoms with Gasteiger partial charge in [-0.15, -0.1) is 0 Å². The van der Waals surface area contributed by atoms with Crippen LogP contribution in [0, 0.1) is 13.8 Å². The van der Waals surface area contributed by atoms with Crippen molar-refractivity contribution in [3.8, 4) is 0 Å². The van der Waals surface area contributed by atoms with Crippen LogP contribution in [0.15, 0.2) is 35.2 Å². The molecule has 0 unspecified atom stereocenters. The van der Waals surface area contributed by atoms with E-state index in [1.807, 2.05) is 32.0 Å². The molecule has 8 heteroatoms. The van der Waals surface area contributed by atoms with Gasteiger partial charge in [0.2, 0.25) is 16.0 Å². The van der Waals surface area contributed by atoms with Crippen LogP contribution in [0.4, 0.5) is 11.6 Å². The fourth-order valence-corrected chi connectivity index (χ4v) is 3.51. The summed E-state index contributed by atoms with van der Waals surface area (Å²) < 4.78 is 23.1. The quantitative estimate of drug-likeness (QED) is 0.675. The Balaban J connectivity index is 2.07. The molecule has 0 amide bonds. The van der Waals surface area contributed by atoms with Gasteiger partial charge in [0.1, 0.15) is 4.90 Å². The molecular weight excluding hydrogens is 336 g/mol. The minimum absolute atomic E-state index is 0.0464. The standard InChI is InChI=1S/C15H15ClN4O2S/c1-8-4-3-5-9(2)14(8)20-15-18-11-6-10(16)13(23(17,21)22)7-12(11)19-15/h3-7H,1-2H3,(H2,17,21,22)(H2,18,19,20). The second-order valence-electron chi connectivity index (χ2n) is 5.32. The zero-order valence-electron chi connectivity index (χ0n) is 12.5. The Hall–Kier alpha value is -2.09. The molecule has 0 radical (unpaired) electrons. The molecule has 4 N–H and O–H groups in total. The molecule has 3 aromatic rings. The fourth-order valence-electron chi connectivity index (χ4n) is 2.42. The van der Waals surface area contributed by atoms with Crippen LogP contribution in [0.2, 0.25) is 5.02 Å². The van der Waals surface area contributed by atoms with Gasteiger partial charge in [-0.05, 0) is 37.1 Å². The molecule has 0 saturated heterocycles. The lowest BCUT2D eigenvalue weighted by molar-refractivity contribution is 0.598. The first kappa shape index (κ1) is 15.8. The number of hydrogen-bond acceptors (Lipinski definition) is 4. The third kappa shape index (κ3) is 3.03. The Labute approximate surface area is 138 Å². The molecule has 3 rings (SSSR count). The van der Waals surface area contributed by atoms with Gasteiger partial charge in [0.05, 0.1) is 16.1 Å². The average molecular weight is 351 g/mol. The van der Waals surface area contributed by atoms with E-state index in [9.17, 15) is 8.42 Å². The first-order valence-corrected chi connectivity index (χ1v) is 8.73. The third-order valence-corrected chi connectivity index (χ3v) is 4.94. The molecule has 0 bridgehead atoms. The normalized spacial score (nSPS) is 11.8. The summed E-state index contributed by atoms with van der Waals surface area (Å²) >= 11 is 5.97. The number of sulfonamides is 1. The van der Waals surface area contributed by atoms with Gasteiger partial charge >= 0.3 is 0 Å². The highest BCUT2D eigenvalue weighted by Gasteiger charge is 2.16. The van der Waals surface area contributed by atoms with E-state index in [1.54, 1.807) is 0 Å². The van der Waals surface area contributed by atoms with Crippen molar-refractivity contribution in [1.82, 2.24) is 9.97 Å². The van der Waals surface area contributed by atoms with E-state index in [2.05, 4.69) is 15.3 Å². The van der Waals surface area contributed by atoms with Crippen LogP contribution in [-0.2, 0) is 10.0 Å². The summed E-state index contributed by atoms with van der Waals surface area (Å²) in [5.74, 6) is 0.500. The summed E-state index contributed by atoms with van der Waals surface area (Å²) in [6, 6.07) is 8.83. The number of hydrogen-bond donors (Lipinski definition) is 3. The third-order valence-electron chi connectivity index (χ3n) is 3.57. The Morgan fingerprint density at radius 1 is 1.22 bits per heavy atom. The smallest absolute Gasteiger partial charge is 0.239 e. The lowest BCUT2D eigenvalue weighted by atomic mass is 10.1. The first-order valence-electron chi connectivity index (χ1n) is 6.81. The molecule has 0 aliphatic heterocycles. The maximum absolute atomic E-state index is 11.5. The van der Waals surface area contributed by atoms with Crippen LogP contribution in [0.25, 0.3) is 11.0 Å². The Bertz CT molecular complexity index is 991. The summed E-state index contributed by atoms with van der Waals surface area (Å²) in [4.78, 5) is 7.29. The number of halogens is 1. The van der Waals surface area contributed by atoms with E-state index >= 15 is 0 Å². The number of fused-ring (bicyclic) bond motifs is 1. The minimum atomic E-state index is -3.89. The van der Waals surface area contributed by atoms with E-state index in [-0.39, 0.29) is 9.92 Å². The van der Waals surface area contributed by atoms with E-state index in [1.165, 1.54) is 12.1 Å². The maximum Gasteiger partial charge on any atom is 0.239 e. The second kappa shape index (κ2) is 5.52. The summed E-state index contributed by atoms with van der Waals surface area (Å²) in [7, 11) is -3.89. The lowest BCUT2D eigenvalue weighted by Gasteiger charge is -2.09. The van der Waals surface area contributed by atoms with Crippen LogP contribution in [0.5, 0.6) is 0 Å². The van der Waals surface area contributed by atoms with Crippen LogP contribution >= 0.6 is 11.6 Å². The van der Waals surface area contributed by atoms with Crippen molar-refractivity contribution in [2.24, 2.45) is 5.14 Å². The predicted molar refractivity (Wildman–Crippen MR) is 91.7 cm³/mol. The van der Waals surface area contributed by atoms with E-state index in [0.717, 1.165) is 16.8 Å². The summed E-state index contributed by atoms with van der Waals surface area (Å²) in [5.41, 5.74) is 4.19. The average Bonchev–Trinajstić information content (AvgIpc) is 2.82. The van der Waals surface area contributed by atoms with Crippen LogP contribution in [-0.4, -0.2) is 18.4 Å². The molecule has 0 aliphatic carbocycles. The number of aryl methyl sites for hydroxylation is 2. The number of anilines is 2. The SMILES string of the molecule is Cc1cccc(C)c1Nc1nc2cc(Cl)c(S(N)(=O)=O)cc2[nH]1. The monoisotopic (exact) mass is 350 g/mol. The van der Waals surface area contributed by atoms with Crippen molar-refractivity contribution in [2.75, 3.05) is 5.32 Å². The molecule has 1 aromatic heterocycles. The highest BCUT2D eigenvalue weighted by molar-refractivity contribution is 7.89. The number of rotatable bonds is 3. The number of H-pyrrole nitrogens is 1. The van der Waals surface area contributed by atoms with Gasteiger partial charge in [0.15, 0.2) is 0 Å². The first-order chi connectivity index (χ1) is 10.8. The van der Waals surface area contributed by atoms with Crippen molar-refractivity contribution in [3.05, 3.63) is 46.5 Å². The number of imidazole rings is 1. The largest absolute Gasteiger partial charge is 0.325 e. The summed E-state index contributed by atoms with van der Waals surface area (Å²) in [5, 5.41) is 8.42. The van der Waals surface area contributed by atoms with Gasteiger partial charge < -0.3 is 10.3 Å². The zero-order chi connectivity index (χ0) is 16.8. The Morgan fingerprint density at radius 3 is 2.48 bits per heavy atom. The highest BCUT2D eigenvalue weighted by atomic mass is 35.5. The van der Waals surface area contributed by atoms with Gasteiger partial charge in [-0.3, -0.25) is 0 Å². The predicted octanol–water partition coefficient (Wildman–Crippen LogP) is 3.22. The summed E-state index contributed by atoms with van der Waals surface area (Å²) in [6.45, 7) is 3.99. The number of para-hydroxylation sites is 1. The van der Waals surface area contributed by atoms with Gasteiger partial charge in [0, 0.05) is 5.69 Å². The van der Waals surface area contributed by atoms with Crippen LogP contribution in [0.1, 0.15) is 11.1 Å². The molecule has 0 fully saturated rings. The van der Waals surface area contributed by atoms with Crippen molar-refractivity contribution in [3.63, 3.8) is 0 Å². The molecule has 0 spiro atoms. The van der Waals surface area contributed by atoms with Gasteiger partial charge in [-0.2, -0.15) is 0 Å². The van der Waals surface area contributed by atoms with Gasteiger partial charge in [0.25, 0.3) is 0 Å². The topological polar surface area (TPSA) is 101 Å². The van der Waals surface area contributed by atoms with Crippen molar-refractivity contribution < 1.29 is 8.42 Å². The van der Waals surface area contributed by atoms with E-state index in [0.29, 0.717) is 17.0 Å². The molecule has 0 atom stereocenters. The van der Waals surface area contributed by atoms with Crippen LogP contribution < -0.4 is 10.5 Å². The number of primary sulfonamides is 1. The van der Waals surface area contributed by atoms with Crippen LogP contribution in [0.3, 0.4) is 0 Å². The molecule has 23 heavy (non-hydrogen) atoms. The highest BCUT2D eigenvalue weighted by Crippen LogP contribution is 2.28. The fraction of sp³-hybridized carbons (Fsp3) is 0.133. The molecule has 1 heterocycles. The Kier molecular flexibility index (Phi) is 3.79. The number of nitrogens with zero attached hydrogens (tertiary/aromatic N) is 1. The number of nitrogens with two attached hydrogens (primary N) is 1. The van der Waals surface area contributed by atoms with Gasteiger partial charge in [-0.25, -0.2) is 18.5 Å². The van der Waals surface area contributed by atoms with Gasteiger partial charge in [-0.1, -0.05) is 29.8 Å². The molecule has 2 aromatic carbocycles. The Morgan fingerprint density at radius 2 is 1.87 bits per heavy atom. The number of nitrogens with one attached hydrogen (secondary N) is 2. The molecule has 120 valence electrons. The van der Waals surface area contributed by atoms with Crippen molar-refractivity contribution >= 4 is 44.3 Å². The molecule has 0 saturated carbocycles. The lowest BCUT2D eigenvalue weighted by Crippen LogP contribution is -2.12.